The number of hydrogen-bond acceptors (Lipinski definition) is 2. The third-order valence-electron chi connectivity index (χ3n) is 6.18. The molecule has 0 spiro atoms. The van der Waals surface area contributed by atoms with Gasteiger partial charge in [0.1, 0.15) is 0 Å². The van der Waals surface area contributed by atoms with E-state index in [2.05, 4.69) is 19.0 Å². The Labute approximate surface area is 118 Å². The largest absolute Gasteiger partial charge is 0.151 e. The Balaban J connectivity index is 2.08. The van der Waals surface area contributed by atoms with Crippen LogP contribution in [0.15, 0.2) is 5.18 Å². The van der Waals surface area contributed by atoms with Crippen LogP contribution >= 0.6 is 0 Å². The molecule has 2 aliphatic rings. The molecule has 4 unspecified atom stereocenters. The van der Waals surface area contributed by atoms with Gasteiger partial charge in [-0.2, -0.15) is 4.91 Å². The van der Waals surface area contributed by atoms with Crippen LogP contribution in [-0.2, 0) is 0 Å². The predicted octanol–water partition coefficient (Wildman–Crippen LogP) is 5.56. The van der Waals surface area contributed by atoms with E-state index >= 15 is 0 Å². The van der Waals surface area contributed by atoms with Crippen LogP contribution in [0.25, 0.3) is 0 Å². The van der Waals surface area contributed by atoms with E-state index in [1.54, 1.807) is 0 Å². The smallest absolute Gasteiger partial charge is 0.0839 e. The van der Waals surface area contributed by atoms with Gasteiger partial charge in [-0.15, -0.1) is 0 Å². The summed E-state index contributed by atoms with van der Waals surface area (Å²) in [7, 11) is 0. The maximum Gasteiger partial charge on any atom is 0.0839 e. The molecule has 2 saturated carbocycles. The minimum Gasteiger partial charge on any atom is -0.151 e. The van der Waals surface area contributed by atoms with E-state index < -0.39 is 0 Å². The van der Waals surface area contributed by atoms with Crippen molar-refractivity contribution in [3.63, 3.8) is 0 Å². The Kier molecular flexibility index (Phi) is 5.41. The number of hydrogen-bond donors (Lipinski definition) is 0. The third-order valence-corrected chi connectivity index (χ3v) is 6.18. The van der Waals surface area contributed by atoms with Gasteiger partial charge in [0, 0.05) is 0 Å². The second kappa shape index (κ2) is 6.85. The molecule has 0 aromatic rings. The van der Waals surface area contributed by atoms with Crippen LogP contribution in [0.5, 0.6) is 0 Å². The van der Waals surface area contributed by atoms with E-state index in [-0.39, 0.29) is 0 Å². The summed E-state index contributed by atoms with van der Waals surface area (Å²) < 4.78 is 0. The Morgan fingerprint density at radius 2 is 1.89 bits per heavy atom. The lowest BCUT2D eigenvalue weighted by atomic mass is 9.76. The van der Waals surface area contributed by atoms with Crippen LogP contribution in [0, 0.1) is 28.1 Å². The molecule has 0 aromatic heterocycles. The van der Waals surface area contributed by atoms with Crippen molar-refractivity contribution in [3.8, 4) is 0 Å². The molecule has 2 nitrogen and oxygen atoms in total. The maximum absolute atomic E-state index is 10.6. The van der Waals surface area contributed by atoms with Crippen LogP contribution in [0.1, 0.15) is 78.1 Å². The molecule has 110 valence electrons. The van der Waals surface area contributed by atoms with E-state index in [1.807, 2.05) is 0 Å². The Bertz CT molecular complexity index is 291. The summed E-state index contributed by atoms with van der Waals surface area (Å²) >= 11 is 0. The molecule has 0 aromatic carbocycles. The van der Waals surface area contributed by atoms with Crippen molar-refractivity contribution in [3.05, 3.63) is 4.91 Å². The Morgan fingerprint density at radius 3 is 2.58 bits per heavy atom. The van der Waals surface area contributed by atoms with Crippen molar-refractivity contribution in [2.24, 2.45) is 28.3 Å². The quantitative estimate of drug-likeness (QED) is 0.599. The predicted molar refractivity (Wildman–Crippen MR) is 81.1 cm³/mol. The SMILES string of the molecule is CCCC1CCC(CN=O)CCC2(CC)CCC1C2. The molecule has 19 heavy (non-hydrogen) atoms. The lowest BCUT2D eigenvalue weighted by Crippen LogP contribution is -2.18. The van der Waals surface area contributed by atoms with Crippen LogP contribution in [0.4, 0.5) is 0 Å². The summed E-state index contributed by atoms with van der Waals surface area (Å²) in [4.78, 5) is 10.6. The van der Waals surface area contributed by atoms with Gasteiger partial charge in [0.25, 0.3) is 0 Å². The second-order valence-corrected chi connectivity index (χ2v) is 7.20. The summed E-state index contributed by atoms with van der Waals surface area (Å²) in [5.74, 6) is 2.47. The van der Waals surface area contributed by atoms with Crippen molar-refractivity contribution < 1.29 is 0 Å². The highest BCUT2D eigenvalue weighted by molar-refractivity contribution is 4.92. The van der Waals surface area contributed by atoms with Gasteiger partial charge in [-0.05, 0) is 68.1 Å². The summed E-state index contributed by atoms with van der Waals surface area (Å²) in [6, 6.07) is 0. The molecule has 4 atom stereocenters. The molecule has 2 aliphatic carbocycles. The molecule has 2 fully saturated rings. The number of nitrogens with zero attached hydrogens (tertiary/aromatic N) is 1. The average molecular weight is 265 g/mol. The van der Waals surface area contributed by atoms with E-state index in [0.717, 1.165) is 11.8 Å². The topological polar surface area (TPSA) is 29.4 Å². The zero-order chi connectivity index (χ0) is 13.7. The monoisotopic (exact) mass is 265 g/mol. The van der Waals surface area contributed by atoms with Crippen LogP contribution in [-0.4, -0.2) is 6.54 Å². The molecule has 2 rings (SSSR count). The van der Waals surface area contributed by atoms with E-state index in [4.69, 9.17) is 0 Å². The number of nitroso groups, excluding NO2 is 1. The highest BCUT2D eigenvalue weighted by Gasteiger charge is 2.41. The van der Waals surface area contributed by atoms with Crippen LogP contribution in [0.3, 0.4) is 0 Å². The summed E-state index contributed by atoms with van der Waals surface area (Å²) in [6.07, 6.45) is 13.6. The Morgan fingerprint density at radius 1 is 1.11 bits per heavy atom. The average Bonchev–Trinajstić information content (AvgIpc) is 2.87. The van der Waals surface area contributed by atoms with Crippen molar-refractivity contribution in [2.75, 3.05) is 6.54 Å². The van der Waals surface area contributed by atoms with Crippen LogP contribution < -0.4 is 0 Å². The van der Waals surface area contributed by atoms with Crippen molar-refractivity contribution in [1.29, 1.82) is 0 Å². The first-order chi connectivity index (χ1) is 9.23. The molecular weight excluding hydrogens is 234 g/mol. The second-order valence-electron chi connectivity index (χ2n) is 7.20. The zero-order valence-electron chi connectivity index (χ0n) is 12.9. The van der Waals surface area contributed by atoms with Crippen molar-refractivity contribution in [1.82, 2.24) is 0 Å². The first-order valence-electron chi connectivity index (χ1n) is 8.52. The molecular formula is C17H31NO. The van der Waals surface area contributed by atoms with Crippen molar-refractivity contribution in [2.45, 2.75) is 78.1 Å². The molecule has 0 saturated heterocycles. The summed E-state index contributed by atoms with van der Waals surface area (Å²) in [6.45, 7) is 5.25. The molecule has 0 aliphatic heterocycles. The first-order valence-corrected chi connectivity index (χ1v) is 8.52. The minimum absolute atomic E-state index is 0.559. The molecule has 0 N–H and O–H groups in total. The van der Waals surface area contributed by atoms with Gasteiger partial charge < -0.3 is 0 Å². The molecule has 2 heteroatoms. The van der Waals surface area contributed by atoms with Gasteiger partial charge in [-0.3, -0.25) is 0 Å². The molecule has 0 radical (unpaired) electrons. The van der Waals surface area contributed by atoms with E-state index in [9.17, 15) is 4.91 Å². The van der Waals surface area contributed by atoms with Crippen LogP contribution in [0.2, 0.25) is 0 Å². The number of rotatable bonds is 5. The fourth-order valence-electron chi connectivity index (χ4n) is 4.76. The van der Waals surface area contributed by atoms with E-state index in [1.165, 1.54) is 64.2 Å². The van der Waals surface area contributed by atoms with Gasteiger partial charge in [0.05, 0.1) is 6.54 Å². The lowest BCUT2D eigenvalue weighted by Gasteiger charge is -2.29. The maximum atomic E-state index is 10.6. The normalized spacial score (nSPS) is 39.4. The highest BCUT2D eigenvalue weighted by Crippen LogP contribution is 2.53. The first kappa shape index (κ1) is 15.0. The summed E-state index contributed by atoms with van der Waals surface area (Å²) in [5.41, 5.74) is 0.613. The fourth-order valence-corrected chi connectivity index (χ4v) is 4.76. The van der Waals surface area contributed by atoms with Gasteiger partial charge in [0.2, 0.25) is 0 Å². The molecule has 0 heterocycles. The third kappa shape index (κ3) is 3.58. The molecule has 0 amide bonds. The van der Waals surface area contributed by atoms with E-state index in [0.29, 0.717) is 17.9 Å². The fraction of sp³-hybridized carbons (Fsp3) is 1.00. The highest BCUT2D eigenvalue weighted by atomic mass is 16.3. The molecule has 2 bridgehead atoms. The standard InChI is InChI=1S/C17H31NO/c1-3-5-15-7-6-14(13-18-19)8-10-17(4-2)11-9-16(15)12-17/h14-16H,3-13H2,1-2H3. The van der Waals surface area contributed by atoms with Gasteiger partial charge in [-0.25, -0.2) is 0 Å². The Hall–Kier alpha value is -0.400. The van der Waals surface area contributed by atoms with Crippen molar-refractivity contribution >= 4 is 0 Å². The van der Waals surface area contributed by atoms with Gasteiger partial charge >= 0.3 is 0 Å². The number of fused-ring (bicyclic) bond motifs is 2. The minimum atomic E-state index is 0.559. The lowest BCUT2D eigenvalue weighted by molar-refractivity contribution is 0.221. The van der Waals surface area contributed by atoms with Gasteiger partial charge in [0.15, 0.2) is 0 Å². The summed E-state index contributed by atoms with van der Waals surface area (Å²) in [5, 5.41) is 3.19. The zero-order valence-corrected chi connectivity index (χ0v) is 12.9. The van der Waals surface area contributed by atoms with Gasteiger partial charge in [-0.1, -0.05) is 38.3 Å².